The molecule has 14 heteroatoms. The summed E-state index contributed by atoms with van der Waals surface area (Å²) in [5.41, 5.74) is 8.85. The molecule has 0 heterocycles. The maximum atomic E-state index is 12.4. The van der Waals surface area contributed by atoms with Gasteiger partial charge in [-0.2, -0.15) is 0 Å². The number of aliphatic carboxylic acids is 1. The molecule has 0 aliphatic rings. The highest BCUT2D eigenvalue weighted by molar-refractivity contribution is 5.92. The van der Waals surface area contributed by atoms with Gasteiger partial charge < -0.3 is 42.9 Å². The molecule has 11 N–H and O–H groups in total. The van der Waals surface area contributed by atoms with Crippen molar-refractivity contribution in [3.63, 3.8) is 0 Å². The highest BCUT2D eigenvalue weighted by atomic mass is 16.4. The van der Waals surface area contributed by atoms with E-state index in [-0.39, 0.29) is 19.3 Å². The number of carbonyl (C=O) groups is 6. The minimum absolute atomic E-state index is 0.276. The van der Waals surface area contributed by atoms with Crippen molar-refractivity contribution in [3.8, 4) is 0 Å². The van der Waals surface area contributed by atoms with Crippen molar-refractivity contribution in [2.45, 2.75) is 83.1 Å². The molecular formula is C20H37N6O8+. The molecule has 0 fully saturated rings. The number of aliphatic hydroxyl groups is 1. The van der Waals surface area contributed by atoms with Gasteiger partial charge in [0.05, 0.1) is 6.54 Å². The number of hydrogen-bond donors (Lipinski definition) is 8. The Hall–Kier alpha value is -3.26. The molecule has 0 saturated carbocycles. The van der Waals surface area contributed by atoms with Gasteiger partial charge in [0.1, 0.15) is 30.3 Å². The van der Waals surface area contributed by atoms with Gasteiger partial charge in [-0.05, 0) is 46.5 Å². The molecule has 0 bridgehead atoms. The smallest absolute Gasteiger partial charge is 0.326 e. The van der Waals surface area contributed by atoms with E-state index < -0.39 is 65.8 Å². The number of carboxylic acids is 1. The molecule has 0 radical (unpaired) electrons. The average Bonchev–Trinajstić information content (AvgIpc) is 2.75. The van der Waals surface area contributed by atoms with E-state index in [4.69, 9.17) is 5.73 Å². The van der Waals surface area contributed by atoms with Crippen molar-refractivity contribution in [1.82, 2.24) is 21.3 Å². The first kappa shape index (κ1) is 30.7. The first-order valence-corrected chi connectivity index (χ1v) is 11.0. The summed E-state index contributed by atoms with van der Waals surface area (Å²) < 4.78 is 0. The number of aliphatic hydroxyl groups excluding tert-OH is 1. The topological polar surface area (TPSA) is 245 Å². The van der Waals surface area contributed by atoms with Gasteiger partial charge in [0, 0.05) is 6.42 Å². The Morgan fingerprint density at radius 2 is 1.38 bits per heavy atom. The van der Waals surface area contributed by atoms with Gasteiger partial charge in [-0.1, -0.05) is 0 Å². The molecule has 34 heavy (non-hydrogen) atoms. The van der Waals surface area contributed by atoms with Crippen molar-refractivity contribution >= 4 is 35.5 Å². The lowest BCUT2D eigenvalue weighted by atomic mass is 10.1. The highest BCUT2D eigenvalue weighted by Gasteiger charge is 2.27. The Kier molecular flexibility index (Phi) is 14.1. The molecule has 0 rings (SSSR count). The normalized spacial score (nSPS) is 15.1. The van der Waals surface area contributed by atoms with Gasteiger partial charge in [-0.15, -0.1) is 0 Å². The summed E-state index contributed by atoms with van der Waals surface area (Å²) in [6.45, 7) is 4.55. The van der Waals surface area contributed by atoms with E-state index in [1.165, 1.54) is 20.8 Å². The van der Waals surface area contributed by atoms with E-state index in [1.54, 1.807) is 0 Å². The zero-order valence-corrected chi connectivity index (χ0v) is 19.8. The third kappa shape index (κ3) is 12.1. The summed E-state index contributed by atoms with van der Waals surface area (Å²) >= 11 is 0. The quantitative estimate of drug-likeness (QED) is 0.0993. The Morgan fingerprint density at radius 3 is 1.88 bits per heavy atom. The van der Waals surface area contributed by atoms with Crippen LogP contribution in [0.3, 0.4) is 0 Å². The monoisotopic (exact) mass is 489 g/mol. The van der Waals surface area contributed by atoms with E-state index in [0.29, 0.717) is 19.4 Å². The molecule has 0 aromatic carbocycles. The number of hydrogen-bond acceptors (Lipinski definition) is 7. The van der Waals surface area contributed by atoms with Crippen molar-refractivity contribution in [1.29, 1.82) is 0 Å². The number of unbranched alkanes of at least 4 members (excludes halogenated alkanes) is 1. The summed E-state index contributed by atoms with van der Waals surface area (Å²) in [7, 11) is 0. The summed E-state index contributed by atoms with van der Waals surface area (Å²) in [6, 6.07) is -4.46. The number of primary amides is 1. The first-order chi connectivity index (χ1) is 15.8. The zero-order valence-electron chi connectivity index (χ0n) is 19.8. The van der Waals surface area contributed by atoms with Crippen LogP contribution in [-0.2, 0) is 28.8 Å². The Labute approximate surface area is 197 Å². The molecule has 0 saturated heterocycles. The van der Waals surface area contributed by atoms with Crippen molar-refractivity contribution in [3.05, 3.63) is 0 Å². The molecule has 0 spiro atoms. The lowest BCUT2D eigenvalue weighted by Gasteiger charge is -2.21. The predicted octanol–water partition coefficient (Wildman–Crippen LogP) is -3.89. The van der Waals surface area contributed by atoms with Crippen LogP contribution in [0.5, 0.6) is 0 Å². The van der Waals surface area contributed by atoms with E-state index in [0.717, 1.165) is 0 Å². The highest BCUT2D eigenvalue weighted by Crippen LogP contribution is 2.05. The van der Waals surface area contributed by atoms with Gasteiger partial charge in [0.25, 0.3) is 0 Å². The van der Waals surface area contributed by atoms with E-state index in [2.05, 4.69) is 27.0 Å². The van der Waals surface area contributed by atoms with Crippen LogP contribution in [0.25, 0.3) is 0 Å². The van der Waals surface area contributed by atoms with E-state index in [1.807, 2.05) is 0 Å². The van der Waals surface area contributed by atoms with Gasteiger partial charge in [-0.25, -0.2) is 4.79 Å². The van der Waals surface area contributed by atoms with Crippen molar-refractivity contribution in [2.24, 2.45) is 5.73 Å². The summed E-state index contributed by atoms with van der Waals surface area (Å²) in [4.78, 5) is 71.2. The van der Waals surface area contributed by atoms with Gasteiger partial charge in [-0.3, -0.25) is 24.0 Å². The van der Waals surface area contributed by atoms with Crippen molar-refractivity contribution < 1.29 is 44.7 Å². The molecule has 0 aliphatic carbocycles. The van der Waals surface area contributed by atoms with E-state index in [9.17, 15) is 39.0 Å². The number of carboxylic acid groups (broad SMARTS) is 1. The number of quaternary nitrogens is 1. The third-order valence-corrected chi connectivity index (χ3v) is 4.84. The zero-order chi connectivity index (χ0) is 26.4. The molecule has 194 valence electrons. The second-order valence-electron chi connectivity index (χ2n) is 7.95. The second-order valence-corrected chi connectivity index (χ2v) is 7.95. The lowest BCUT2D eigenvalue weighted by Crippen LogP contribution is -2.53. The SMILES string of the molecule is C[C@H](NC(=O)[C@@H](C)O)C(=O)N[C@H](CCC(=O)NC(CCCC[NH3+])C(=O)N[C@H](C)C(N)=O)C(=O)O. The molecular weight excluding hydrogens is 452 g/mol. The predicted molar refractivity (Wildman–Crippen MR) is 118 cm³/mol. The van der Waals surface area contributed by atoms with Crippen LogP contribution in [0.2, 0.25) is 0 Å². The fraction of sp³-hybridized carbons (Fsp3) is 0.700. The van der Waals surface area contributed by atoms with Crippen LogP contribution in [0, 0.1) is 0 Å². The number of amides is 5. The van der Waals surface area contributed by atoms with Crippen LogP contribution in [0.4, 0.5) is 0 Å². The summed E-state index contributed by atoms with van der Waals surface area (Å²) in [5, 5.41) is 27.9. The maximum absolute atomic E-state index is 12.4. The molecule has 14 nitrogen and oxygen atoms in total. The minimum atomic E-state index is -1.43. The van der Waals surface area contributed by atoms with Gasteiger partial charge in [0.2, 0.25) is 29.5 Å². The van der Waals surface area contributed by atoms with Gasteiger partial charge >= 0.3 is 5.97 Å². The largest absolute Gasteiger partial charge is 0.480 e. The number of nitrogens with one attached hydrogen (secondary N) is 4. The van der Waals surface area contributed by atoms with E-state index >= 15 is 0 Å². The Morgan fingerprint density at radius 1 is 0.794 bits per heavy atom. The Balaban J connectivity index is 4.99. The summed E-state index contributed by atoms with van der Waals surface area (Å²) in [6.07, 6.45) is -0.388. The third-order valence-electron chi connectivity index (χ3n) is 4.84. The second kappa shape index (κ2) is 15.6. The minimum Gasteiger partial charge on any atom is -0.480 e. The standard InChI is InChI=1S/C20H36N6O8/c1-10(16(22)29)23-19(32)13(6-4-5-9-21)25-15(28)8-7-14(20(33)34)26-17(30)11(2)24-18(31)12(3)27/h10-14,27H,4-9,21H2,1-3H3,(H2,22,29)(H,23,32)(H,24,31)(H,25,28)(H,26,30)(H,33,34)/p+1/t10-,11+,12-,13?,14-/m1/s1. The van der Waals surface area contributed by atoms with Crippen LogP contribution >= 0.6 is 0 Å². The molecule has 0 aromatic rings. The van der Waals surface area contributed by atoms with Crippen molar-refractivity contribution in [2.75, 3.05) is 6.54 Å². The molecule has 1 unspecified atom stereocenters. The van der Waals surface area contributed by atoms with Crippen LogP contribution < -0.4 is 32.7 Å². The number of rotatable bonds is 16. The lowest BCUT2D eigenvalue weighted by molar-refractivity contribution is -0.368. The fourth-order valence-corrected chi connectivity index (χ4v) is 2.67. The average molecular weight is 490 g/mol. The molecule has 0 aromatic heterocycles. The molecule has 5 amide bonds. The molecule has 5 atom stereocenters. The fourth-order valence-electron chi connectivity index (χ4n) is 2.67. The number of carbonyl (C=O) groups excluding carboxylic acids is 5. The summed E-state index contributed by atoms with van der Waals surface area (Å²) in [5.74, 6) is -4.98. The Bertz CT molecular complexity index is 745. The number of nitrogens with two attached hydrogens (primary N) is 1. The van der Waals surface area contributed by atoms with Gasteiger partial charge in [0.15, 0.2) is 0 Å². The van der Waals surface area contributed by atoms with Crippen LogP contribution in [0.1, 0.15) is 52.9 Å². The molecule has 0 aliphatic heterocycles. The first-order valence-electron chi connectivity index (χ1n) is 11.0. The van der Waals surface area contributed by atoms with Crippen LogP contribution in [-0.4, -0.2) is 82.5 Å². The van der Waals surface area contributed by atoms with Crippen LogP contribution in [0.15, 0.2) is 0 Å². The maximum Gasteiger partial charge on any atom is 0.326 e.